The number of fused-ring (bicyclic) bond motifs is 2. The van der Waals surface area contributed by atoms with Gasteiger partial charge in [-0.05, 0) is 55.3 Å². The van der Waals surface area contributed by atoms with Gasteiger partial charge in [0, 0.05) is 58.1 Å². The zero-order valence-corrected chi connectivity index (χ0v) is 19.6. The van der Waals surface area contributed by atoms with E-state index in [1.54, 1.807) is 24.5 Å². The topological polar surface area (TPSA) is 50.7 Å². The van der Waals surface area contributed by atoms with Crippen LogP contribution in [0.5, 0.6) is 0 Å². The summed E-state index contributed by atoms with van der Waals surface area (Å²) in [5.41, 5.74) is 6.31. The highest BCUT2D eigenvalue weighted by molar-refractivity contribution is 8.00. The van der Waals surface area contributed by atoms with Gasteiger partial charge in [0.1, 0.15) is 11.2 Å². The largest absolute Gasteiger partial charge is 0.360 e. The van der Waals surface area contributed by atoms with E-state index in [1.807, 2.05) is 54.5 Å². The quantitative estimate of drug-likeness (QED) is 0.292. The minimum atomic E-state index is -0.260. The normalized spacial score (nSPS) is 16.6. The van der Waals surface area contributed by atoms with E-state index in [4.69, 9.17) is 0 Å². The number of ketones is 1. The summed E-state index contributed by atoms with van der Waals surface area (Å²) in [7, 11) is 0. The summed E-state index contributed by atoms with van der Waals surface area (Å²) in [6.45, 7) is 4.34. The van der Waals surface area contributed by atoms with Crippen molar-refractivity contribution in [1.29, 1.82) is 0 Å². The number of thioether (sulfide) groups is 1. The Balaban J connectivity index is 1.39. The number of hydrogen-bond donors (Lipinski definition) is 1. The number of nitrogens with zero attached hydrogens (tertiary/aromatic N) is 2. The van der Waals surface area contributed by atoms with Gasteiger partial charge in [-0.3, -0.25) is 9.78 Å². The third-order valence-electron chi connectivity index (χ3n) is 6.46. The van der Waals surface area contributed by atoms with Crippen molar-refractivity contribution in [2.75, 3.05) is 0 Å². The summed E-state index contributed by atoms with van der Waals surface area (Å²) < 4.78 is 15.3. The standard InChI is InChI=1S/C28H22FN3OS/c1-28(2)26-22(11-13-32(26)27(34-28)19-4-3-12-30-15-19)25(33)23-16-31-24-14-18(7-10-21(23)24)17-5-8-20(29)9-6-17/h3-16,27,31H,1-2H3. The van der Waals surface area contributed by atoms with Gasteiger partial charge < -0.3 is 9.55 Å². The van der Waals surface area contributed by atoms with Gasteiger partial charge in [-0.2, -0.15) is 0 Å². The Morgan fingerprint density at radius 2 is 1.85 bits per heavy atom. The molecule has 0 fully saturated rings. The molecule has 0 saturated heterocycles. The predicted octanol–water partition coefficient (Wildman–Crippen LogP) is 6.93. The Labute approximate surface area is 200 Å². The smallest absolute Gasteiger partial charge is 0.197 e. The van der Waals surface area contributed by atoms with E-state index in [9.17, 15) is 9.18 Å². The molecule has 6 rings (SSSR count). The molecule has 0 bridgehead atoms. The van der Waals surface area contributed by atoms with E-state index < -0.39 is 0 Å². The molecule has 168 valence electrons. The maximum atomic E-state index is 13.8. The van der Waals surface area contributed by atoms with Crippen molar-refractivity contribution in [2.24, 2.45) is 0 Å². The Bertz CT molecular complexity index is 1530. The summed E-state index contributed by atoms with van der Waals surface area (Å²) in [6.07, 6.45) is 7.48. The Hall–Kier alpha value is -3.64. The van der Waals surface area contributed by atoms with Gasteiger partial charge in [0.2, 0.25) is 0 Å². The SMILES string of the molecule is CC1(C)SC(c2cccnc2)n2ccc(C(=O)c3c[nH]c4cc(-c5ccc(F)cc5)ccc34)c21. The second-order valence-corrected chi connectivity index (χ2v) is 10.8. The van der Waals surface area contributed by atoms with E-state index in [0.29, 0.717) is 5.56 Å². The molecule has 0 amide bonds. The van der Waals surface area contributed by atoms with E-state index in [-0.39, 0.29) is 21.7 Å². The third kappa shape index (κ3) is 3.29. The van der Waals surface area contributed by atoms with Crippen LogP contribution < -0.4 is 0 Å². The van der Waals surface area contributed by atoms with Crippen LogP contribution in [0.4, 0.5) is 4.39 Å². The summed E-state index contributed by atoms with van der Waals surface area (Å²) in [4.78, 5) is 21.3. The summed E-state index contributed by atoms with van der Waals surface area (Å²) in [5.74, 6) is -0.250. The molecule has 0 spiro atoms. The number of aromatic amines is 1. The fourth-order valence-electron chi connectivity index (χ4n) is 4.88. The van der Waals surface area contributed by atoms with Crippen LogP contribution in [0.1, 0.15) is 46.4 Å². The Morgan fingerprint density at radius 1 is 1.06 bits per heavy atom. The number of H-pyrrole nitrogens is 1. The van der Waals surface area contributed by atoms with Gasteiger partial charge in [0.15, 0.2) is 5.78 Å². The third-order valence-corrected chi connectivity index (χ3v) is 7.97. The van der Waals surface area contributed by atoms with Crippen molar-refractivity contribution in [3.63, 3.8) is 0 Å². The van der Waals surface area contributed by atoms with Crippen molar-refractivity contribution < 1.29 is 9.18 Å². The molecule has 4 nitrogen and oxygen atoms in total. The molecular formula is C28H22FN3OS. The summed E-state index contributed by atoms with van der Waals surface area (Å²) >= 11 is 1.83. The molecular weight excluding hydrogens is 445 g/mol. The summed E-state index contributed by atoms with van der Waals surface area (Å²) in [6, 6.07) is 18.3. The fraction of sp³-hybridized carbons (Fsp3) is 0.143. The number of hydrogen-bond acceptors (Lipinski definition) is 3. The molecule has 34 heavy (non-hydrogen) atoms. The first kappa shape index (κ1) is 20.9. The number of rotatable bonds is 4. The lowest BCUT2D eigenvalue weighted by Gasteiger charge is -2.18. The van der Waals surface area contributed by atoms with Gasteiger partial charge in [-0.1, -0.05) is 30.3 Å². The average molecular weight is 468 g/mol. The maximum absolute atomic E-state index is 13.8. The molecule has 5 aromatic rings. The Morgan fingerprint density at radius 3 is 2.62 bits per heavy atom. The van der Waals surface area contributed by atoms with Crippen molar-refractivity contribution in [2.45, 2.75) is 24.0 Å². The second-order valence-electron chi connectivity index (χ2n) is 9.05. The number of carbonyl (C=O) groups is 1. The molecule has 1 aliphatic rings. The minimum Gasteiger partial charge on any atom is -0.360 e. The van der Waals surface area contributed by atoms with Gasteiger partial charge in [0.05, 0.1) is 4.75 Å². The highest BCUT2D eigenvalue weighted by atomic mass is 32.2. The van der Waals surface area contributed by atoms with Crippen LogP contribution in [0.2, 0.25) is 0 Å². The molecule has 3 aromatic heterocycles. The number of nitrogens with one attached hydrogen (secondary N) is 1. The molecule has 4 heterocycles. The molecule has 0 aliphatic carbocycles. The number of halogens is 1. The lowest BCUT2D eigenvalue weighted by molar-refractivity contribution is 0.103. The predicted molar refractivity (Wildman–Crippen MR) is 135 cm³/mol. The molecule has 0 radical (unpaired) electrons. The van der Waals surface area contributed by atoms with E-state index in [1.165, 1.54) is 12.1 Å². The highest BCUT2D eigenvalue weighted by Crippen LogP contribution is 2.54. The average Bonchev–Trinajstić information content (AvgIpc) is 3.54. The van der Waals surface area contributed by atoms with Crippen LogP contribution in [-0.4, -0.2) is 20.3 Å². The lowest BCUT2D eigenvalue weighted by atomic mass is 9.96. The summed E-state index contributed by atoms with van der Waals surface area (Å²) in [5, 5.41) is 0.963. The first-order valence-corrected chi connectivity index (χ1v) is 12.0. The van der Waals surface area contributed by atoms with E-state index in [2.05, 4.69) is 34.4 Å². The van der Waals surface area contributed by atoms with Crippen LogP contribution >= 0.6 is 11.8 Å². The molecule has 0 saturated carbocycles. The minimum absolute atomic E-state index is 0.00930. The molecule has 1 atom stereocenters. The van der Waals surface area contributed by atoms with Crippen molar-refractivity contribution in [1.82, 2.24) is 14.5 Å². The van der Waals surface area contributed by atoms with Crippen molar-refractivity contribution >= 4 is 28.4 Å². The number of aromatic nitrogens is 3. The number of pyridine rings is 1. The highest BCUT2D eigenvalue weighted by Gasteiger charge is 2.41. The Kier molecular flexibility index (Phi) is 4.74. The molecule has 1 aliphatic heterocycles. The number of carbonyl (C=O) groups excluding carboxylic acids is 1. The lowest BCUT2D eigenvalue weighted by Crippen LogP contribution is -2.14. The molecule has 1 unspecified atom stereocenters. The monoisotopic (exact) mass is 467 g/mol. The van der Waals surface area contributed by atoms with Gasteiger partial charge in [-0.25, -0.2) is 4.39 Å². The van der Waals surface area contributed by atoms with E-state index >= 15 is 0 Å². The first-order valence-electron chi connectivity index (χ1n) is 11.1. The fourth-order valence-corrected chi connectivity index (χ4v) is 6.33. The second kappa shape index (κ2) is 7.71. The molecule has 1 N–H and O–H groups in total. The zero-order valence-electron chi connectivity index (χ0n) is 18.7. The van der Waals surface area contributed by atoms with Gasteiger partial charge in [0.25, 0.3) is 0 Å². The zero-order chi connectivity index (χ0) is 23.4. The van der Waals surface area contributed by atoms with Crippen molar-refractivity contribution in [3.05, 3.63) is 114 Å². The van der Waals surface area contributed by atoms with Crippen LogP contribution in [0, 0.1) is 5.82 Å². The van der Waals surface area contributed by atoms with Gasteiger partial charge >= 0.3 is 0 Å². The number of benzene rings is 2. The van der Waals surface area contributed by atoms with E-state index in [0.717, 1.165) is 38.9 Å². The van der Waals surface area contributed by atoms with Gasteiger partial charge in [-0.15, -0.1) is 11.8 Å². The maximum Gasteiger partial charge on any atom is 0.197 e. The first-order chi connectivity index (χ1) is 16.4. The van der Waals surface area contributed by atoms with Crippen molar-refractivity contribution in [3.8, 4) is 11.1 Å². The van der Waals surface area contributed by atoms with Crippen LogP contribution in [0.25, 0.3) is 22.0 Å². The van der Waals surface area contributed by atoms with Crippen LogP contribution in [-0.2, 0) is 4.75 Å². The van der Waals surface area contributed by atoms with Crippen LogP contribution in [0.15, 0.2) is 85.5 Å². The molecule has 6 heteroatoms. The van der Waals surface area contributed by atoms with Crippen LogP contribution in [0.3, 0.4) is 0 Å². The molecule has 2 aromatic carbocycles.